The summed E-state index contributed by atoms with van der Waals surface area (Å²) in [4.78, 5) is 31.4. The SMILES string of the molecule is CC(C)(C)[Si]OC(C)(C)c1cnn(CCON2C(=O)c3ccccc3C2=O)n1. The smallest absolute Gasteiger partial charge is 0.285 e. The molecule has 2 amide bonds. The molecule has 3 rings (SSSR count). The van der Waals surface area contributed by atoms with Crippen molar-refractivity contribution in [3.05, 3.63) is 47.3 Å². The third-order valence-electron chi connectivity index (χ3n) is 4.03. The molecule has 8 nitrogen and oxygen atoms in total. The Morgan fingerprint density at radius 3 is 2.21 bits per heavy atom. The minimum Gasteiger partial charge on any atom is -0.406 e. The first-order valence-electron chi connectivity index (χ1n) is 9.05. The highest BCUT2D eigenvalue weighted by Crippen LogP contribution is 2.28. The van der Waals surface area contributed by atoms with E-state index in [-0.39, 0.29) is 11.6 Å². The zero-order chi connectivity index (χ0) is 20.5. The highest BCUT2D eigenvalue weighted by Gasteiger charge is 2.36. The summed E-state index contributed by atoms with van der Waals surface area (Å²) in [5, 5.41) is 9.54. The van der Waals surface area contributed by atoms with Gasteiger partial charge < -0.3 is 4.43 Å². The van der Waals surface area contributed by atoms with Gasteiger partial charge in [-0.3, -0.25) is 14.4 Å². The van der Waals surface area contributed by atoms with Crippen LogP contribution >= 0.6 is 0 Å². The van der Waals surface area contributed by atoms with E-state index in [1.165, 1.54) is 4.80 Å². The first kappa shape index (κ1) is 20.4. The van der Waals surface area contributed by atoms with Gasteiger partial charge in [-0.05, 0) is 31.0 Å². The van der Waals surface area contributed by atoms with Crippen LogP contribution < -0.4 is 0 Å². The zero-order valence-corrected chi connectivity index (χ0v) is 17.7. The molecule has 9 heteroatoms. The Morgan fingerprint density at radius 1 is 1.04 bits per heavy atom. The second-order valence-corrected chi connectivity index (χ2v) is 9.98. The van der Waals surface area contributed by atoms with Crippen molar-refractivity contribution in [2.45, 2.75) is 51.8 Å². The fourth-order valence-corrected chi connectivity index (χ4v) is 3.18. The summed E-state index contributed by atoms with van der Waals surface area (Å²) in [7, 11) is 0.327. The molecule has 1 aromatic heterocycles. The summed E-state index contributed by atoms with van der Waals surface area (Å²) in [6.45, 7) is 10.7. The maximum atomic E-state index is 12.3. The standard InChI is InChI=1S/C19H24N4O4Si/c1-18(2,3)28-27-19(4,5)15-12-20-22(21-15)10-11-26-23-16(24)13-8-6-7-9-14(13)17(23)25/h6-9,12H,10-11H2,1-5H3. The molecule has 0 N–H and O–H groups in total. The first-order chi connectivity index (χ1) is 13.1. The molecular formula is C19H24N4O4Si. The molecule has 0 unspecified atom stereocenters. The van der Waals surface area contributed by atoms with E-state index in [1.807, 2.05) is 13.8 Å². The van der Waals surface area contributed by atoms with Crippen molar-refractivity contribution in [2.75, 3.05) is 6.61 Å². The molecule has 0 atom stereocenters. The number of aromatic nitrogens is 3. The average Bonchev–Trinajstić information content (AvgIpc) is 3.20. The molecule has 148 valence electrons. The summed E-state index contributed by atoms with van der Waals surface area (Å²) in [5.41, 5.74) is 0.856. The molecule has 28 heavy (non-hydrogen) atoms. The van der Waals surface area contributed by atoms with Gasteiger partial charge in [0, 0.05) is 0 Å². The quantitative estimate of drug-likeness (QED) is 0.524. The van der Waals surface area contributed by atoms with Crippen molar-refractivity contribution < 1.29 is 18.9 Å². The van der Waals surface area contributed by atoms with E-state index in [1.54, 1.807) is 30.5 Å². The van der Waals surface area contributed by atoms with Gasteiger partial charge in [-0.25, -0.2) is 0 Å². The summed E-state index contributed by atoms with van der Waals surface area (Å²) < 4.78 is 6.03. The Hall–Kier alpha value is -2.36. The predicted molar refractivity (Wildman–Crippen MR) is 102 cm³/mol. The Kier molecular flexibility index (Phi) is 5.51. The molecule has 1 aliphatic heterocycles. The monoisotopic (exact) mass is 400 g/mol. The largest absolute Gasteiger partial charge is 0.406 e. The number of carbonyl (C=O) groups excluding carboxylic acids is 2. The zero-order valence-electron chi connectivity index (χ0n) is 16.7. The first-order valence-corrected chi connectivity index (χ1v) is 9.96. The van der Waals surface area contributed by atoms with Gasteiger partial charge in [-0.1, -0.05) is 32.9 Å². The van der Waals surface area contributed by atoms with Gasteiger partial charge in [-0.2, -0.15) is 15.0 Å². The number of carbonyl (C=O) groups is 2. The van der Waals surface area contributed by atoms with Gasteiger partial charge >= 0.3 is 0 Å². The normalized spacial score (nSPS) is 14.7. The minimum absolute atomic E-state index is 0.0769. The van der Waals surface area contributed by atoms with Crippen LogP contribution in [0.2, 0.25) is 5.04 Å². The minimum atomic E-state index is -0.562. The third kappa shape index (κ3) is 4.37. The number of fused-ring (bicyclic) bond motifs is 1. The van der Waals surface area contributed by atoms with Crippen LogP contribution in [-0.2, 0) is 21.4 Å². The molecule has 0 fully saturated rings. The summed E-state index contributed by atoms with van der Waals surface area (Å²) in [6, 6.07) is 6.65. The highest BCUT2D eigenvalue weighted by atomic mass is 28.2. The number of benzene rings is 1. The maximum absolute atomic E-state index is 12.3. The van der Waals surface area contributed by atoms with Crippen LogP contribution in [0.15, 0.2) is 30.5 Å². The Labute approximate surface area is 166 Å². The van der Waals surface area contributed by atoms with Crippen LogP contribution in [0.4, 0.5) is 0 Å². The number of amides is 2. The van der Waals surface area contributed by atoms with Crippen molar-refractivity contribution in [3.8, 4) is 0 Å². The van der Waals surface area contributed by atoms with E-state index >= 15 is 0 Å². The van der Waals surface area contributed by atoms with Gasteiger partial charge in [0.2, 0.25) is 9.76 Å². The molecule has 2 aromatic rings. The second kappa shape index (κ2) is 7.57. The molecule has 1 aromatic carbocycles. The molecule has 0 aliphatic carbocycles. The number of hydroxylamine groups is 2. The summed E-state index contributed by atoms with van der Waals surface area (Å²) in [6.07, 6.45) is 1.66. The lowest BCUT2D eigenvalue weighted by atomic mass is 10.1. The summed E-state index contributed by atoms with van der Waals surface area (Å²) in [5.74, 6) is -0.903. The van der Waals surface area contributed by atoms with Gasteiger partial charge in [-0.15, -0.1) is 5.06 Å². The van der Waals surface area contributed by atoms with Crippen molar-refractivity contribution in [1.29, 1.82) is 0 Å². The third-order valence-corrected chi connectivity index (χ3v) is 5.26. The molecule has 0 spiro atoms. The van der Waals surface area contributed by atoms with Crippen LogP contribution in [0.1, 0.15) is 61.0 Å². The van der Waals surface area contributed by atoms with E-state index < -0.39 is 17.4 Å². The number of imide groups is 1. The molecule has 0 bridgehead atoms. The molecule has 2 heterocycles. The number of nitrogens with zero attached hydrogens (tertiary/aromatic N) is 4. The lowest BCUT2D eigenvalue weighted by Crippen LogP contribution is -2.31. The van der Waals surface area contributed by atoms with Crippen molar-refractivity contribution in [1.82, 2.24) is 20.1 Å². The van der Waals surface area contributed by atoms with Crippen molar-refractivity contribution >= 4 is 21.6 Å². The average molecular weight is 401 g/mol. The van der Waals surface area contributed by atoms with Gasteiger partial charge in [0.25, 0.3) is 11.8 Å². The summed E-state index contributed by atoms with van der Waals surface area (Å²) >= 11 is 0. The molecule has 2 radical (unpaired) electrons. The van der Waals surface area contributed by atoms with Gasteiger partial charge in [0.15, 0.2) is 0 Å². The molecule has 0 saturated carbocycles. The van der Waals surface area contributed by atoms with Crippen LogP contribution in [0, 0.1) is 0 Å². The van der Waals surface area contributed by atoms with E-state index in [9.17, 15) is 9.59 Å². The molecule has 1 aliphatic rings. The van der Waals surface area contributed by atoms with Crippen molar-refractivity contribution in [3.63, 3.8) is 0 Å². The fraction of sp³-hybridized carbons (Fsp3) is 0.474. The number of hydrogen-bond acceptors (Lipinski definition) is 6. The Balaban J connectivity index is 1.56. The number of hydrogen-bond donors (Lipinski definition) is 0. The molecular weight excluding hydrogens is 376 g/mol. The van der Waals surface area contributed by atoms with Gasteiger partial charge in [0.1, 0.15) is 5.69 Å². The van der Waals surface area contributed by atoms with Crippen LogP contribution in [-0.4, -0.2) is 48.2 Å². The Bertz CT molecular complexity index is 853. The highest BCUT2D eigenvalue weighted by molar-refractivity contribution is 6.31. The second-order valence-electron chi connectivity index (χ2n) is 8.07. The lowest BCUT2D eigenvalue weighted by Gasteiger charge is -2.27. The van der Waals surface area contributed by atoms with E-state index in [2.05, 4.69) is 31.0 Å². The van der Waals surface area contributed by atoms with E-state index in [0.29, 0.717) is 33.1 Å². The lowest BCUT2D eigenvalue weighted by molar-refractivity contribution is -0.0948. The van der Waals surface area contributed by atoms with Crippen LogP contribution in [0.5, 0.6) is 0 Å². The topological polar surface area (TPSA) is 86.5 Å². The van der Waals surface area contributed by atoms with Crippen LogP contribution in [0.3, 0.4) is 0 Å². The van der Waals surface area contributed by atoms with E-state index in [0.717, 1.165) is 5.06 Å². The predicted octanol–water partition coefficient (Wildman–Crippen LogP) is 2.60. The Morgan fingerprint density at radius 2 is 1.64 bits per heavy atom. The van der Waals surface area contributed by atoms with E-state index in [4.69, 9.17) is 9.26 Å². The van der Waals surface area contributed by atoms with Crippen molar-refractivity contribution in [2.24, 2.45) is 0 Å². The maximum Gasteiger partial charge on any atom is 0.285 e. The fourth-order valence-electron chi connectivity index (χ4n) is 2.51. The number of rotatable bonds is 7. The van der Waals surface area contributed by atoms with Crippen LogP contribution in [0.25, 0.3) is 0 Å². The molecule has 0 saturated heterocycles. The van der Waals surface area contributed by atoms with Gasteiger partial charge in [0.05, 0.1) is 36.1 Å².